The zero-order chi connectivity index (χ0) is 15.4. The van der Waals surface area contributed by atoms with Crippen LogP contribution in [0.3, 0.4) is 0 Å². The summed E-state index contributed by atoms with van der Waals surface area (Å²) in [6.07, 6.45) is -0.0911. The molecular formula is C15H14BrNO3S. The third-order valence-electron chi connectivity index (χ3n) is 2.93. The van der Waals surface area contributed by atoms with Crippen LogP contribution in [0.25, 0.3) is 0 Å². The zero-order valence-corrected chi connectivity index (χ0v) is 13.8. The van der Waals surface area contributed by atoms with Crippen molar-refractivity contribution in [3.05, 3.63) is 50.6 Å². The lowest BCUT2D eigenvalue weighted by Crippen LogP contribution is -2.32. The molecule has 2 rings (SSSR count). The molecule has 110 valence electrons. The second-order valence-corrected chi connectivity index (χ2v) is 6.87. The number of para-hydroxylation sites is 1. The van der Waals surface area contributed by atoms with Gasteiger partial charge in [0.05, 0.1) is 15.1 Å². The molecule has 0 saturated carbocycles. The van der Waals surface area contributed by atoms with E-state index in [9.17, 15) is 9.59 Å². The molecule has 0 fully saturated rings. The highest BCUT2D eigenvalue weighted by atomic mass is 79.9. The van der Waals surface area contributed by atoms with Crippen LogP contribution in [0.15, 0.2) is 40.2 Å². The monoisotopic (exact) mass is 367 g/mol. The van der Waals surface area contributed by atoms with Crippen molar-refractivity contribution in [3.8, 4) is 0 Å². The van der Waals surface area contributed by atoms with Crippen molar-refractivity contribution in [2.75, 3.05) is 11.4 Å². The smallest absolute Gasteiger partial charge is 0.305 e. The van der Waals surface area contributed by atoms with E-state index in [1.165, 1.54) is 16.2 Å². The lowest BCUT2D eigenvalue weighted by Gasteiger charge is -2.21. The summed E-state index contributed by atoms with van der Waals surface area (Å²) < 4.78 is 0.914. The molecule has 1 aromatic heterocycles. The number of carboxylic acids is 1. The Morgan fingerprint density at radius 2 is 1.95 bits per heavy atom. The second kappa shape index (κ2) is 6.87. The summed E-state index contributed by atoms with van der Waals surface area (Å²) in [6, 6.07) is 10.9. The van der Waals surface area contributed by atoms with Gasteiger partial charge in [0.15, 0.2) is 0 Å². The molecule has 6 heteroatoms. The number of halogens is 1. The molecule has 1 amide bonds. The Kier molecular flexibility index (Phi) is 5.14. The number of carbonyl (C=O) groups excluding carboxylic acids is 1. The number of anilines is 1. The summed E-state index contributed by atoms with van der Waals surface area (Å²) in [7, 11) is 0. The number of aliphatic carboxylic acids is 1. The van der Waals surface area contributed by atoms with E-state index in [0.29, 0.717) is 10.6 Å². The van der Waals surface area contributed by atoms with E-state index in [1.807, 2.05) is 31.2 Å². The van der Waals surface area contributed by atoms with Crippen molar-refractivity contribution >= 4 is 44.8 Å². The van der Waals surface area contributed by atoms with E-state index in [4.69, 9.17) is 5.11 Å². The zero-order valence-electron chi connectivity index (χ0n) is 11.4. The molecule has 0 atom stereocenters. The lowest BCUT2D eigenvalue weighted by molar-refractivity contribution is -0.136. The van der Waals surface area contributed by atoms with Crippen LogP contribution in [0, 0.1) is 6.92 Å². The Bertz CT molecular complexity index is 635. The summed E-state index contributed by atoms with van der Waals surface area (Å²) >= 11 is 4.76. The fourth-order valence-corrected chi connectivity index (χ4v) is 3.35. The van der Waals surface area contributed by atoms with Gasteiger partial charge in [0, 0.05) is 12.2 Å². The molecule has 0 spiro atoms. The third-order valence-corrected chi connectivity index (χ3v) is 5.05. The van der Waals surface area contributed by atoms with Crippen LogP contribution < -0.4 is 4.90 Å². The molecule has 0 unspecified atom stereocenters. The molecule has 0 aliphatic heterocycles. The Hall–Kier alpha value is -1.66. The number of amides is 1. The maximum absolute atomic E-state index is 12.6. The summed E-state index contributed by atoms with van der Waals surface area (Å²) in [5, 5.41) is 8.87. The first-order chi connectivity index (χ1) is 9.99. The minimum Gasteiger partial charge on any atom is -0.481 e. The van der Waals surface area contributed by atoms with Crippen LogP contribution in [0.4, 0.5) is 5.69 Å². The van der Waals surface area contributed by atoms with E-state index >= 15 is 0 Å². The Morgan fingerprint density at radius 3 is 2.48 bits per heavy atom. The van der Waals surface area contributed by atoms with Crippen LogP contribution in [0.1, 0.15) is 21.7 Å². The topological polar surface area (TPSA) is 57.6 Å². The molecular weight excluding hydrogens is 354 g/mol. The van der Waals surface area contributed by atoms with Gasteiger partial charge >= 0.3 is 5.97 Å². The quantitative estimate of drug-likeness (QED) is 0.870. The van der Waals surface area contributed by atoms with Gasteiger partial charge in [-0.2, -0.15) is 0 Å². The van der Waals surface area contributed by atoms with Gasteiger partial charge in [0.2, 0.25) is 0 Å². The van der Waals surface area contributed by atoms with Crippen LogP contribution in [-0.2, 0) is 4.79 Å². The van der Waals surface area contributed by atoms with E-state index in [0.717, 1.165) is 9.35 Å². The van der Waals surface area contributed by atoms with Crippen molar-refractivity contribution in [1.82, 2.24) is 0 Å². The van der Waals surface area contributed by atoms with Gasteiger partial charge in [-0.15, -0.1) is 11.3 Å². The van der Waals surface area contributed by atoms with Gasteiger partial charge in [0.25, 0.3) is 5.91 Å². The summed E-state index contributed by atoms with van der Waals surface area (Å²) in [4.78, 5) is 25.6. The predicted octanol–water partition coefficient (Wildman–Crippen LogP) is 3.94. The molecule has 0 bridgehead atoms. The number of nitrogens with zero attached hydrogens (tertiary/aromatic N) is 1. The summed E-state index contributed by atoms with van der Waals surface area (Å²) in [5.74, 6) is -1.10. The van der Waals surface area contributed by atoms with Gasteiger partial charge in [-0.25, -0.2) is 0 Å². The number of hydrogen-bond acceptors (Lipinski definition) is 3. The highest BCUT2D eigenvalue weighted by Crippen LogP contribution is 2.29. The standard InChI is InChI=1S/C15H14BrNO3S/c1-10-9-12(21-14(10)16)15(20)17(8-7-13(18)19)11-5-3-2-4-6-11/h2-6,9H,7-8H2,1H3,(H,18,19). The minimum absolute atomic E-state index is 0.0911. The average Bonchev–Trinajstić information content (AvgIpc) is 2.79. The SMILES string of the molecule is Cc1cc(C(=O)N(CCC(=O)O)c2ccccc2)sc1Br. The highest BCUT2D eigenvalue weighted by molar-refractivity contribution is 9.11. The van der Waals surface area contributed by atoms with E-state index in [-0.39, 0.29) is 18.9 Å². The fourth-order valence-electron chi connectivity index (χ4n) is 1.86. The number of rotatable bonds is 5. The van der Waals surface area contributed by atoms with Crippen molar-refractivity contribution in [3.63, 3.8) is 0 Å². The number of aryl methyl sites for hydroxylation is 1. The molecule has 2 aromatic rings. The van der Waals surface area contributed by atoms with Crippen LogP contribution in [0.5, 0.6) is 0 Å². The van der Waals surface area contributed by atoms with E-state index < -0.39 is 5.97 Å². The number of carboxylic acid groups (broad SMARTS) is 1. The number of benzene rings is 1. The van der Waals surface area contributed by atoms with Crippen LogP contribution in [-0.4, -0.2) is 23.5 Å². The van der Waals surface area contributed by atoms with Gasteiger partial charge < -0.3 is 10.0 Å². The molecule has 0 aliphatic rings. The van der Waals surface area contributed by atoms with Gasteiger partial charge in [-0.05, 0) is 46.6 Å². The molecule has 0 saturated heterocycles. The molecule has 0 aliphatic carbocycles. The lowest BCUT2D eigenvalue weighted by atomic mass is 10.2. The Morgan fingerprint density at radius 1 is 1.29 bits per heavy atom. The van der Waals surface area contributed by atoms with Crippen molar-refractivity contribution in [2.45, 2.75) is 13.3 Å². The first-order valence-corrected chi connectivity index (χ1v) is 7.94. The number of hydrogen-bond donors (Lipinski definition) is 1. The molecule has 0 radical (unpaired) electrons. The first-order valence-electron chi connectivity index (χ1n) is 6.33. The Balaban J connectivity index is 2.30. The Labute approximate surface area is 135 Å². The van der Waals surface area contributed by atoms with Gasteiger partial charge in [0.1, 0.15) is 0 Å². The van der Waals surface area contributed by atoms with Gasteiger partial charge in [-0.3, -0.25) is 9.59 Å². The van der Waals surface area contributed by atoms with Crippen LogP contribution in [0.2, 0.25) is 0 Å². The maximum atomic E-state index is 12.6. The number of thiophene rings is 1. The highest BCUT2D eigenvalue weighted by Gasteiger charge is 2.21. The molecule has 1 heterocycles. The summed E-state index contributed by atoms with van der Waals surface area (Å²) in [5.41, 5.74) is 1.69. The van der Waals surface area contributed by atoms with E-state index in [1.54, 1.807) is 12.1 Å². The van der Waals surface area contributed by atoms with Crippen molar-refractivity contribution < 1.29 is 14.7 Å². The molecule has 21 heavy (non-hydrogen) atoms. The predicted molar refractivity (Wildman–Crippen MR) is 87.1 cm³/mol. The van der Waals surface area contributed by atoms with Crippen molar-refractivity contribution in [1.29, 1.82) is 0 Å². The van der Waals surface area contributed by atoms with Crippen LogP contribution >= 0.6 is 27.3 Å². The molecule has 4 nitrogen and oxygen atoms in total. The average molecular weight is 368 g/mol. The molecule has 1 aromatic carbocycles. The molecule has 1 N–H and O–H groups in total. The summed E-state index contributed by atoms with van der Waals surface area (Å²) in [6.45, 7) is 2.06. The third kappa shape index (κ3) is 3.92. The maximum Gasteiger partial charge on any atom is 0.305 e. The second-order valence-electron chi connectivity index (χ2n) is 4.50. The number of carbonyl (C=O) groups is 2. The first kappa shape index (κ1) is 15.7. The van der Waals surface area contributed by atoms with Gasteiger partial charge in [-0.1, -0.05) is 18.2 Å². The largest absolute Gasteiger partial charge is 0.481 e. The van der Waals surface area contributed by atoms with E-state index in [2.05, 4.69) is 15.9 Å². The van der Waals surface area contributed by atoms with Crippen molar-refractivity contribution in [2.24, 2.45) is 0 Å². The minimum atomic E-state index is -0.924. The normalized spacial score (nSPS) is 10.4. The fraction of sp³-hybridized carbons (Fsp3) is 0.200.